The monoisotopic (exact) mass is 414 g/mol. The van der Waals surface area contributed by atoms with Gasteiger partial charge in [-0.25, -0.2) is 15.4 Å². The van der Waals surface area contributed by atoms with E-state index in [2.05, 4.69) is 30.8 Å². The zero-order valence-electron chi connectivity index (χ0n) is 16.2. The van der Waals surface area contributed by atoms with E-state index in [0.717, 1.165) is 16.8 Å². The van der Waals surface area contributed by atoms with Gasteiger partial charge in [-0.3, -0.25) is 0 Å². The topological polar surface area (TPSA) is 75.1 Å². The van der Waals surface area contributed by atoms with Crippen molar-refractivity contribution in [3.8, 4) is 11.3 Å². The maximum absolute atomic E-state index is 5.92. The SMILES string of the molecule is Cc1ccc(/C=N/Nc2nc(Nc3ccc(Cl)cn3)cc(-c3ccccc3)n2)cc1. The highest BCUT2D eigenvalue weighted by Crippen LogP contribution is 2.23. The molecule has 0 aliphatic carbocycles. The summed E-state index contributed by atoms with van der Waals surface area (Å²) in [5, 5.41) is 8.03. The van der Waals surface area contributed by atoms with Crippen LogP contribution >= 0.6 is 11.6 Å². The molecule has 4 aromatic rings. The van der Waals surface area contributed by atoms with Crippen molar-refractivity contribution in [3.63, 3.8) is 0 Å². The Morgan fingerprint density at radius 2 is 1.70 bits per heavy atom. The highest BCUT2D eigenvalue weighted by molar-refractivity contribution is 6.30. The molecule has 6 nitrogen and oxygen atoms in total. The number of hydrogen-bond acceptors (Lipinski definition) is 6. The van der Waals surface area contributed by atoms with Crippen LogP contribution in [-0.4, -0.2) is 21.2 Å². The van der Waals surface area contributed by atoms with E-state index in [0.29, 0.717) is 22.6 Å². The summed E-state index contributed by atoms with van der Waals surface area (Å²) in [5.74, 6) is 1.59. The first kappa shape index (κ1) is 19.5. The van der Waals surface area contributed by atoms with Crippen LogP contribution in [0.3, 0.4) is 0 Å². The van der Waals surface area contributed by atoms with Gasteiger partial charge in [-0.15, -0.1) is 0 Å². The zero-order valence-corrected chi connectivity index (χ0v) is 17.0. The molecule has 0 amide bonds. The quantitative estimate of drug-likeness (QED) is 0.313. The number of pyridine rings is 1. The number of anilines is 3. The smallest absolute Gasteiger partial charge is 0.246 e. The second-order valence-corrected chi connectivity index (χ2v) is 7.03. The largest absolute Gasteiger partial charge is 0.325 e. The lowest BCUT2D eigenvalue weighted by Crippen LogP contribution is -2.03. The van der Waals surface area contributed by atoms with Gasteiger partial charge in [-0.2, -0.15) is 10.1 Å². The highest BCUT2D eigenvalue weighted by Gasteiger charge is 2.07. The molecular formula is C23H19ClN6. The van der Waals surface area contributed by atoms with Crippen molar-refractivity contribution in [2.45, 2.75) is 6.92 Å². The first-order valence-corrected chi connectivity index (χ1v) is 9.72. The van der Waals surface area contributed by atoms with E-state index in [1.54, 1.807) is 24.5 Å². The van der Waals surface area contributed by atoms with E-state index < -0.39 is 0 Å². The minimum atomic E-state index is 0.371. The summed E-state index contributed by atoms with van der Waals surface area (Å²) in [6.07, 6.45) is 3.31. The van der Waals surface area contributed by atoms with Crippen LogP contribution in [0, 0.1) is 6.92 Å². The highest BCUT2D eigenvalue weighted by atomic mass is 35.5. The normalized spacial score (nSPS) is 10.9. The van der Waals surface area contributed by atoms with Gasteiger partial charge in [0, 0.05) is 17.8 Å². The molecule has 0 atom stereocenters. The third kappa shape index (κ3) is 5.18. The number of aryl methyl sites for hydroxylation is 1. The Balaban J connectivity index is 1.61. The van der Waals surface area contributed by atoms with E-state index >= 15 is 0 Å². The molecule has 2 heterocycles. The van der Waals surface area contributed by atoms with E-state index in [1.165, 1.54) is 5.56 Å². The Morgan fingerprint density at radius 3 is 2.43 bits per heavy atom. The van der Waals surface area contributed by atoms with Gasteiger partial charge in [0.15, 0.2) is 0 Å². The molecule has 2 aromatic carbocycles. The Hall–Kier alpha value is -3.77. The number of hydrazone groups is 1. The number of halogens is 1. The summed E-state index contributed by atoms with van der Waals surface area (Å²) in [6.45, 7) is 2.05. The molecule has 148 valence electrons. The maximum atomic E-state index is 5.92. The lowest BCUT2D eigenvalue weighted by Gasteiger charge is -2.09. The van der Waals surface area contributed by atoms with Crippen molar-refractivity contribution in [2.75, 3.05) is 10.7 Å². The van der Waals surface area contributed by atoms with Crippen molar-refractivity contribution in [1.29, 1.82) is 0 Å². The van der Waals surface area contributed by atoms with Crippen LogP contribution in [-0.2, 0) is 0 Å². The molecule has 4 rings (SSSR count). The lowest BCUT2D eigenvalue weighted by molar-refractivity contribution is 1.12. The molecule has 0 spiro atoms. The van der Waals surface area contributed by atoms with Crippen LogP contribution in [0.1, 0.15) is 11.1 Å². The van der Waals surface area contributed by atoms with Crippen LogP contribution in [0.4, 0.5) is 17.6 Å². The van der Waals surface area contributed by atoms with Crippen LogP contribution in [0.15, 0.2) is 84.1 Å². The molecule has 0 saturated heterocycles. The zero-order chi connectivity index (χ0) is 20.8. The van der Waals surface area contributed by atoms with Gasteiger partial charge in [-0.05, 0) is 24.6 Å². The average molecular weight is 415 g/mol. The van der Waals surface area contributed by atoms with Crippen molar-refractivity contribution in [2.24, 2.45) is 5.10 Å². The molecule has 0 aliphatic heterocycles. The predicted molar refractivity (Wildman–Crippen MR) is 122 cm³/mol. The van der Waals surface area contributed by atoms with Gasteiger partial charge in [-0.1, -0.05) is 71.8 Å². The van der Waals surface area contributed by atoms with Crippen LogP contribution in [0.25, 0.3) is 11.3 Å². The third-order valence-electron chi connectivity index (χ3n) is 4.23. The Labute approximate surface area is 179 Å². The van der Waals surface area contributed by atoms with Gasteiger partial charge in [0.05, 0.1) is 16.9 Å². The number of nitrogens with zero attached hydrogens (tertiary/aromatic N) is 4. The Bertz CT molecular complexity index is 1140. The van der Waals surface area contributed by atoms with Crippen LogP contribution in [0.2, 0.25) is 5.02 Å². The maximum Gasteiger partial charge on any atom is 0.246 e. The van der Waals surface area contributed by atoms with E-state index in [9.17, 15) is 0 Å². The second-order valence-electron chi connectivity index (χ2n) is 6.60. The summed E-state index contributed by atoms with van der Waals surface area (Å²) in [4.78, 5) is 13.4. The lowest BCUT2D eigenvalue weighted by atomic mass is 10.1. The molecule has 2 N–H and O–H groups in total. The number of rotatable bonds is 6. The van der Waals surface area contributed by atoms with Gasteiger partial charge >= 0.3 is 0 Å². The van der Waals surface area contributed by atoms with E-state index in [-0.39, 0.29) is 0 Å². The molecule has 2 aromatic heterocycles. The molecule has 0 bridgehead atoms. The summed E-state index contributed by atoms with van der Waals surface area (Å²) >= 11 is 5.92. The summed E-state index contributed by atoms with van der Waals surface area (Å²) < 4.78 is 0. The molecule has 0 fully saturated rings. The molecule has 0 radical (unpaired) electrons. The van der Waals surface area contributed by atoms with Crippen molar-refractivity contribution in [1.82, 2.24) is 15.0 Å². The molecule has 0 aliphatic rings. The van der Waals surface area contributed by atoms with Gasteiger partial charge in [0.25, 0.3) is 0 Å². The fraction of sp³-hybridized carbons (Fsp3) is 0.0435. The average Bonchev–Trinajstić information content (AvgIpc) is 2.77. The van der Waals surface area contributed by atoms with Gasteiger partial charge in [0.2, 0.25) is 5.95 Å². The molecular weight excluding hydrogens is 396 g/mol. The van der Waals surface area contributed by atoms with Gasteiger partial charge in [0.1, 0.15) is 11.6 Å². The van der Waals surface area contributed by atoms with Gasteiger partial charge < -0.3 is 5.32 Å². The fourth-order valence-corrected chi connectivity index (χ4v) is 2.83. The fourth-order valence-electron chi connectivity index (χ4n) is 2.72. The minimum Gasteiger partial charge on any atom is -0.325 e. The number of nitrogens with one attached hydrogen (secondary N) is 2. The summed E-state index contributed by atoms with van der Waals surface area (Å²) in [7, 11) is 0. The van der Waals surface area contributed by atoms with E-state index in [4.69, 9.17) is 11.6 Å². The van der Waals surface area contributed by atoms with Crippen LogP contribution < -0.4 is 10.7 Å². The number of benzene rings is 2. The predicted octanol–water partition coefficient (Wildman–Crippen LogP) is 5.69. The van der Waals surface area contributed by atoms with E-state index in [1.807, 2.05) is 67.6 Å². The van der Waals surface area contributed by atoms with Crippen molar-refractivity contribution >= 4 is 35.4 Å². The molecule has 30 heavy (non-hydrogen) atoms. The second kappa shape index (κ2) is 9.15. The third-order valence-corrected chi connectivity index (χ3v) is 4.46. The standard InChI is InChI=1S/C23H19ClN6/c1-16-7-9-17(10-8-16)14-26-30-23-27-20(18-5-3-2-4-6-18)13-22(29-23)28-21-12-11-19(24)15-25-21/h2-15H,1H3,(H2,25,27,28,29,30)/b26-14+. The molecule has 0 unspecified atom stereocenters. The van der Waals surface area contributed by atoms with Crippen molar-refractivity contribution < 1.29 is 0 Å². The Morgan fingerprint density at radius 1 is 0.900 bits per heavy atom. The summed E-state index contributed by atoms with van der Waals surface area (Å²) in [5.41, 5.74) is 6.83. The minimum absolute atomic E-state index is 0.371. The van der Waals surface area contributed by atoms with Crippen LogP contribution in [0.5, 0.6) is 0 Å². The molecule has 7 heteroatoms. The van der Waals surface area contributed by atoms with Crippen molar-refractivity contribution in [3.05, 3.63) is 95.1 Å². The first-order valence-electron chi connectivity index (χ1n) is 9.34. The number of aromatic nitrogens is 3. The number of hydrogen-bond donors (Lipinski definition) is 2. The molecule has 0 saturated carbocycles. The first-order chi connectivity index (χ1) is 14.7. The Kier molecular flexibility index (Phi) is 5.96. The summed E-state index contributed by atoms with van der Waals surface area (Å²) in [6, 6.07) is 23.4.